The third-order valence-electron chi connectivity index (χ3n) is 5.87. The van der Waals surface area contributed by atoms with Gasteiger partial charge >= 0.3 is 18.3 Å². The van der Waals surface area contributed by atoms with E-state index in [0.29, 0.717) is 6.42 Å². The Bertz CT molecular complexity index is 938. The monoisotopic (exact) mass is 483 g/mol. The molecule has 0 aromatic carbocycles. The van der Waals surface area contributed by atoms with Crippen LogP contribution < -0.4 is 5.73 Å². The van der Waals surface area contributed by atoms with Crippen molar-refractivity contribution in [3.05, 3.63) is 28.0 Å². The lowest BCUT2D eigenvalue weighted by Gasteiger charge is -2.45. The molecule has 3 heterocycles. The fourth-order valence-electron chi connectivity index (χ4n) is 4.11. The number of fused-ring (bicyclic) bond motifs is 1. The number of carbonyl (C=O) groups is 2. The van der Waals surface area contributed by atoms with Crippen LogP contribution in [0.2, 0.25) is 0 Å². The van der Waals surface area contributed by atoms with Crippen molar-refractivity contribution >= 4 is 11.8 Å². The van der Waals surface area contributed by atoms with E-state index in [1.54, 1.807) is 0 Å². The number of hydrogen-bond donors (Lipinski definition) is 1. The second kappa shape index (κ2) is 8.80. The minimum Gasteiger partial charge on any atom is -0.625 e. The van der Waals surface area contributed by atoms with Gasteiger partial charge in [0.05, 0.1) is 31.2 Å². The van der Waals surface area contributed by atoms with E-state index in [-0.39, 0.29) is 44.8 Å². The van der Waals surface area contributed by atoms with Crippen LogP contribution in [-0.4, -0.2) is 57.0 Å². The van der Waals surface area contributed by atoms with Crippen molar-refractivity contribution in [3.8, 4) is 0 Å². The van der Waals surface area contributed by atoms with Crippen LogP contribution in [-0.2, 0) is 34.9 Å². The number of hydroxylamine groups is 3. The highest BCUT2D eigenvalue weighted by molar-refractivity contribution is 5.77. The zero-order valence-electron chi connectivity index (χ0n) is 17.7. The van der Waals surface area contributed by atoms with Crippen LogP contribution in [0, 0.1) is 11.1 Å². The molecule has 1 aromatic heterocycles. The molecule has 1 fully saturated rings. The van der Waals surface area contributed by atoms with Crippen molar-refractivity contribution in [3.63, 3.8) is 0 Å². The number of rotatable bonds is 4. The molecule has 8 nitrogen and oxygen atoms in total. The molecule has 2 N–H and O–H groups in total. The average molecular weight is 483 g/mol. The Kier molecular flexibility index (Phi) is 6.75. The Morgan fingerprint density at radius 3 is 2.48 bits per heavy atom. The normalized spacial score (nSPS) is 25.1. The van der Waals surface area contributed by atoms with Gasteiger partial charge in [0, 0.05) is 24.9 Å². The molecule has 33 heavy (non-hydrogen) atoms. The highest BCUT2D eigenvalue weighted by Gasteiger charge is 2.44. The summed E-state index contributed by atoms with van der Waals surface area (Å²) in [5, 5.41) is 12.7. The Balaban J connectivity index is 1.73. The maximum absolute atomic E-state index is 13.3. The summed E-state index contributed by atoms with van der Waals surface area (Å²) < 4.78 is 77.7. The molecule has 2 aliphatic rings. The molecule has 14 heteroatoms. The van der Waals surface area contributed by atoms with Crippen LogP contribution in [0.1, 0.15) is 49.0 Å². The number of quaternary nitrogens is 1. The van der Waals surface area contributed by atoms with Gasteiger partial charge in [0.2, 0.25) is 11.7 Å². The molecule has 1 saturated heterocycles. The summed E-state index contributed by atoms with van der Waals surface area (Å²) in [4.78, 5) is 31.7. The van der Waals surface area contributed by atoms with Gasteiger partial charge < -0.3 is 15.8 Å². The second-order valence-corrected chi connectivity index (χ2v) is 8.63. The molecule has 0 spiro atoms. The smallest absolute Gasteiger partial charge is 0.451 e. The maximum atomic E-state index is 13.3. The molecular formula is C19H23F6N5O3. The van der Waals surface area contributed by atoms with Crippen molar-refractivity contribution in [1.29, 1.82) is 0 Å². The first-order chi connectivity index (χ1) is 15.1. The molecule has 0 aliphatic carbocycles. The van der Waals surface area contributed by atoms with E-state index >= 15 is 0 Å². The lowest BCUT2D eigenvalue weighted by atomic mass is 9.97. The van der Waals surface area contributed by atoms with Crippen molar-refractivity contribution < 1.29 is 40.6 Å². The van der Waals surface area contributed by atoms with E-state index in [9.17, 15) is 41.1 Å². The largest absolute Gasteiger partial charge is 0.625 e. The number of hydrogen-bond acceptors (Lipinski definition) is 6. The molecule has 0 bridgehead atoms. The SMILES string of the molecule is CC1CC[N+]([O-])(C[C@H](N)CC(=O)N2CCc3c(nc(C(F)(F)F)nc3C(F)(F)F)C2)C(=O)C1. The van der Waals surface area contributed by atoms with Gasteiger partial charge in [0.25, 0.3) is 0 Å². The summed E-state index contributed by atoms with van der Waals surface area (Å²) in [6.07, 6.45) is -10.5. The van der Waals surface area contributed by atoms with Gasteiger partial charge in [0.1, 0.15) is 6.54 Å². The maximum Gasteiger partial charge on any atom is 0.451 e. The number of nitrogens with two attached hydrogens (primary N) is 1. The van der Waals surface area contributed by atoms with E-state index in [1.165, 1.54) is 0 Å². The summed E-state index contributed by atoms with van der Waals surface area (Å²) in [7, 11) is 0. The van der Waals surface area contributed by atoms with Crippen molar-refractivity contribution in [1.82, 2.24) is 14.9 Å². The number of halogens is 6. The van der Waals surface area contributed by atoms with Crippen LogP contribution in [0.15, 0.2) is 0 Å². The van der Waals surface area contributed by atoms with Gasteiger partial charge in [-0.25, -0.2) is 14.8 Å². The first kappa shape index (κ1) is 25.3. The fraction of sp³-hybridized carbons (Fsp3) is 0.684. The Labute approximate surface area is 184 Å². The summed E-state index contributed by atoms with van der Waals surface area (Å²) >= 11 is 0. The van der Waals surface area contributed by atoms with Gasteiger partial charge in [-0.15, -0.1) is 0 Å². The lowest BCUT2D eigenvalue weighted by Crippen LogP contribution is -2.57. The zero-order chi connectivity index (χ0) is 24.8. The lowest BCUT2D eigenvalue weighted by molar-refractivity contribution is -0.810. The minimum absolute atomic E-state index is 0.0380. The number of likely N-dealkylation sites (tertiary alicyclic amines) is 1. The summed E-state index contributed by atoms with van der Waals surface area (Å²) in [5.74, 6) is -3.04. The van der Waals surface area contributed by atoms with Crippen molar-refractivity contribution in [2.75, 3.05) is 19.6 Å². The van der Waals surface area contributed by atoms with E-state index in [4.69, 9.17) is 5.73 Å². The minimum atomic E-state index is -5.20. The zero-order valence-corrected chi connectivity index (χ0v) is 17.7. The summed E-state index contributed by atoms with van der Waals surface area (Å²) in [6, 6.07) is -1.00. The van der Waals surface area contributed by atoms with Gasteiger partial charge in [0.15, 0.2) is 5.69 Å². The first-order valence-corrected chi connectivity index (χ1v) is 10.3. The van der Waals surface area contributed by atoms with E-state index in [0.717, 1.165) is 4.90 Å². The average Bonchev–Trinajstić information content (AvgIpc) is 2.68. The van der Waals surface area contributed by atoms with E-state index in [2.05, 4.69) is 9.97 Å². The second-order valence-electron chi connectivity index (χ2n) is 8.63. The van der Waals surface area contributed by atoms with Gasteiger partial charge in [-0.1, -0.05) is 6.92 Å². The number of nitrogens with zero attached hydrogens (tertiary/aromatic N) is 4. The highest BCUT2D eigenvalue weighted by atomic mass is 19.4. The van der Waals surface area contributed by atoms with Gasteiger partial charge in [-0.3, -0.25) is 9.44 Å². The third-order valence-corrected chi connectivity index (χ3v) is 5.87. The molecular weight excluding hydrogens is 460 g/mol. The summed E-state index contributed by atoms with van der Waals surface area (Å²) in [5.41, 5.74) is 3.22. The predicted octanol–water partition coefficient (Wildman–Crippen LogP) is 2.39. The summed E-state index contributed by atoms with van der Waals surface area (Å²) in [6.45, 7) is 0.765. The van der Waals surface area contributed by atoms with Crippen LogP contribution in [0.3, 0.4) is 0 Å². The van der Waals surface area contributed by atoms with Crippen molar-refractivity contribution in [2.24, 2.45) is 11.7 Å². The highest BCUT2D eigenvalue weighted by Crippen LogP contribution is 2.36. The molecule has 1 aromatic rings. The Morgan fingerprint density at radius 2 is 1.91 bits per heavy atom. The quantitative estimate of drug-likeness (QED) is 0.400. The molecule has 3 rings (SSSR count). The molecule has 0 saturated carbocycles. The third kappa shape index (κ3) is 5.61. The Hall–Kier alpha value is -2.32. The number of piperidine rings is 1. The number of alkyl halides is 6. The van der Waals surface area contributed by atoms with Crippen LogP contribution in [0.4, 0.5) is 26.3 Å². The van der Waals surface area contributed by atoms with Crippen LogP contribution in [0.25, 0.3) is 0 Å². The van der Waals surface area contributed by atoms with Crippen LogP contribution >= 0.6 is 0 Å². The molecule has 3 atom stereocenters. The topological polar surface area (TPSA) is 112 Å². The Morgan fingerprint density at radius 1 is 1.24 bits per heavy atom. The number of amides is 2. The molecule has 2 aliphatic heterocycles. The van der Waals surface area contributed by atoms with E-state index in [1.807, 2.05) is 6.92 Å². The fourth-order valence-corrected chi connectivity index (χ4v) is 4.11. The molecule has 184 valence electrons. The molecule has 0 radical (unpaired) electrons. The van der Waals surface area contributed by atoms with E-state index < -0.39 is 64.2 Å². The standard InChI is InChI=1S/C19H23F6N5O3/c1-10-3-5-30(33,15(32)6-10)9-11(26)7-14(31)29-4-2-12-13(8-29)27-17(19(23,24)25)28-16(12)18(20,21)22/h10-11H,2-9,26H2,1H3/t10?,11-,30?/m1/s1. The predicted molar refractivity (Wildman–Crippen MR) is 101 cm³/mol. The van der Waals surface area contributed by atoms with Gasteiger partial charge in [-0.2, -0.15) is 26.3 Å². The number of aromatic nitrogens is 2. The number of carbonyl (C=O) groups excluding carboxylic acids is 2. The van der Waals surface area contributed by atoms with Gasteiger partial charge in [-0.05, 0) is 12.3 Å². The van der Waals surface area contributed by atoms with Crippen molar-refractivity contribution in [2.45, 2.75) is 57.5 Å². The molecule has 2 unspecified atom stereocenters. The molecule has 2 amide bonds. The van der Waals surface area contributed by atoms with Crippen LogP contribution in [0.5, 0.6) is 0 Å². The first-order valence-electron chi connectivity index (χ1n) is 10.3.